The van der Waals surface area contributed by atoms with Crippen LogP contribution in [0.3, 0.4) is 0 Å². The molecule has 0 saturated heterocycles. The first-order valence-electron chi connectivity index (χ1n) is 7.35. The Morgan fingerprint density at radius 1 is 1.11 bits per heavy atom. The largest absolute Gasteiger partial charge is 0.380 e. The molecule has 0 saturated carbocycles. The van der Waals surface area contributed by atoms with Gasteiger partial charge >= 0.3 is 0 Å². The van der Waals surface area contributed by atoms with Crippen molar-refractivity contribution in [2.24, 2.45) is 0 Å². The molecule has 1 atom stereocenters. The second-order valence-corrected chi connectivity index (χ2v) is 6.72. The van der Waals surface area contributed by atoms with E-state index in [4.69, 9.17) is 0 Å². The zero-order valence-corrected chi connectivity index (χ0v) is 12.3. The fourth-order valence-electron chi connectivity index (χ4n) is 3.05. The average molecular weight is 245 g/mol. The first kappa shape index (κ1) is 13.5. The molecule has 100 valence electrons. The summed E-state index contributed by atoms with van der Waals surface area (Å²) in [7, 11) is 0. The van der Waals surface area contributed by atoms with Crippen molar-refractivity contribution < 1.29 is 0 Å². The SMILES string of the molecule is CCCCC1(C)CCC(C)(C)c2ccccc2N1. The van der Waals surface area contributed by atoms with Gasteiger partial charge in [-0.3, -0.25) is 0 Å². The van der Waals surface area contributed by atoms with Crippen LogP contribution in [0.4, 0.5) is 5.69 Å². The number of rotatable bonds is 3. The van der Waals surface area contributed by atoms with Gasteiger partial charge in [0.15, 0.2) is 0 Å². The van der Waals surface area contributed by atoms with Crippen LogP contribution in [0.15, 0.2) is 24.3 Å². The molecule has 0 radical (unpaired) electrons. The second kappa shape index (κ2) is 4.95. The number of hydrogen-bond donors (Lipinski definition) is 1. The van der Waals surface area contributed by atoms with Crippen LogP contribution in [-0.2, 0) is 5.41 Å². The predicted molar refractivity (Wildman–Crippen MR) is 80.3 cm³/mol. The van der Waals surface area contributed by atoms with E-state index in [9.17, 15) is 0 Å². The van der Waals surface area contributed by atoms with Crippen molar-refractivity contribution in [3.05, 3.63) is 29.8 Å². The summed E-state index contributed by atoms with van der Waals surface area (Å²) in [5, 5.41) is 3.83. The van der Waals surface area contributed by atoms with Gasteiger partial charge in [0, 0.05) is 11.2 Å². The third kappa shape index (κ3) is 2.71. The minimum atomic E-state index is 0.264. The van der Waals surface area contributed by atoms with Crippen LogP contribution in [0.5, 0.6) is 0 Å². The van der Waals surface area contributed by atoms with E-state index in [1.807, 2.05) is 0 Å². The minimum Gasteiger partial charge on any atom is -0.380 e. The van der Waals surface area contributed by atoms with E-state index in [0.717, 1.165) is 0 Å². The van der Waals surface area contributed by atoms with E-state index in [-0.39, 0.29) is 11.0 Å². The van der Waals surface area contributed by atoms with Gasteiger partial charge in [-0.05, 0) is 43.2 Å². The lowest BCUT2D eigenvalue weighted by atomic mass is 9.78. The van der Waals surface area contributed by atoms with E-state index >= 15 is 0 Å². The Morgan fingerprint density at radius 3 is 2.56 bits per heavy atom. The van der Waals surface area contributed by atoms with Crippen molar-refractivity contribution in [1.29, 1.82) is 0 Å². The second-order valence-electron chi connectivity index (χ2n) is 6.72. The summed E-state index contributed by atoms with van der Waals surface area (Å²) < 4.78 is 0. The fraction of sp³-hybridized carbons (Fsp3) is 0.647. The lowest BCUT2D eigenvalue weighted by molar-refractivity contribution is 0.367. The summed E-state index contributed by atoms with van der Waals surface area (Å²) in [6.07, 6.45) is 6.38. The fourth-order valence-corrected chi connectivity index (χ4v) is 3.05. The van der Waals surface area contributed by atoms with Crippen molar-refractivity contribution in [3.63, 3.8) is 0 Å². The van der Waals surface area contributed by atoms with Crippen LogP contribution in [0.2, 0.25) is 0 Å². The van der Waals surface area contributed by atoms with Crippen LogP contribution in [0, 0.1) is 0 Å². The third-order valence-corrected chi connectivity index (χ3v) is 4.48. The summed E-state index contributed by atoms with van der Waals surface area (Å²) in [6.45, 7) is 9.41. The van der Waals surface area contributed by atoms with Gasteiger partial charge in [-0.15, -0.1) is 0 Å². The van der Waals surface area contributed by atoms with Crippen molar-refractivity contribution in [1.82, 2.24) is 0 Å². The Hall–Kier alpha value is -0.980. The average Bonchev–Trinajstić information content (AvgIpc) is 2.44. The van der Waals surface area contributed by atoms with Crippen LogP contribution >= 0.6 is 0 Å². The molecular formula is C17H27N. The highest BCUT2D eigenvalue weighted by molar-refractivity contribution is 5.57. The molecule has 1 nitrogen and oxygen atoms in total. The maximum absolute atomic E-state index is 3.83. The van der Waals surface area contributed by atoms with Gasteiger partial charge in [0.2, 0.25) is 0 Å². The molecule has 0 aliphatic carbocycles. The lowest BCUT2D eigenvalue weighted by Crippen LogP contribution is -2.34. The van der Waals surface area contributed by atoms with Gasteiger partial charge in [0.1, 0.15) is 0 Å². The molecule has 1 unspecified atom stereocenters. The summed E-state index contributed by atoms with van der Waals surface area (Å²) in [4.78, 5) is 0. The lowest BCUT2D eigenvalue weighted by Gasteiger charge is -2.31. The van der Waals surface area contributed by atoms with E-state index in [1.54, 1.807) is 0 Å². The molecule has 1 heterocycles. The number of fused-ring (bicyclic) bond motifs is 1. The Balaban J connectivity index is 2.31. The molecule has 0 spiro atoms. The number of hydrogen-bond acceptors (Lipinski definition) is 1. The molecule has 0 bridgehead atoms. The van der Waals surface area contributed by atoms with Gasteiger partial charge in [0.05, 0.1) is 0 Å². The highest BCUT2D eigenvalue weighted by Crippen LogP contribution is 2.41. The van der Waals surface area contributed by atoms with E-state index in [0.29, 0.717) is 0 Å². The topological polar surface area (TPSA) is 12.0 Å². The van der Waals surface area contributed by atoms with Crippen molar-refractivity contribution in [2.45, 2.75) is 70.8 Å². The quantitative estimate of drug-likeness (QED) is 0.779. The summed E-state index contributed by atoms with van der Waals surface area (Å²) in [5.41, 5.74) is 3.37. The van der Waals surface area contributed by atoms with Gasteiger partial charge in [-0.25, -0.2) is 0 Å². The van der Waals surface area contributed by atoms with Crippen molar-refractivity contribution >= 4 is 5.69 Å². The molecule has 1 heteroatoms. The van der Waals surface area contributed by atoms with E-state index in [2.05, 4.69) is 57.3 Å². The van der Waals surface area contributed by atoms with Crippen LogP contribution < -0.4 is 5.32 Å². The van der Waals surface area contributed by atoms with Crippen LogP contribution in [-0.4, -0.2) is 5.54 Å². The van der Waals surface area contributed by atoms with E-state index in [1.165, 1.54) is 43.4 Å². The number of nitrogens with one attached hydrogen (secondary N) is 1. The standard InChI is InChI=1S/C17H27N/c1-5-6-11-17(4)13-12-16(2,3)14-9-7-8-10-15(14)18-17/h7-10,18H,5-6,11-13H2,1-4H3. The molecule has 0 aromatic heterocycles. The monoisotopic (exact) mass is 245 g/mol. The Morgan fingerprint density at radius 2 is 1.83 bits per heavy atom. The molecule has 0 fully saturated rings. The minimum absolute atomic E-state index is 0.264. The van der Waals surface area contributed by atoms with Crippen molar-refractivity contribution in [3.8, 4) is 0 Å². The van der Waals surface area contributed by atoms with Crippen LogP contribution in [0.1, 0.15) is 65.4 Å². The molecule has 1 aromatic rings. The van der Waals surface area contributed by atoms with Gasteiger partial charge < -0.3 is 5.32 Å². The first-order valence-corrected chi connectivity index (χ1v) is 7.35. The smallest absolute Gasteiger partial charge is 0.0382 e. The summed E-state index contributed by atoms with van der Waals surface area (Å²) in [6, 6.07) is 8.84. The zero-order chi connectivity index (χ0) is 13.2. The Labute approximate surface area is 112 Å². The number of unbranched alkanes of at least 4 members (excludes halogenated alkanes) is 1. The van der Waals surface area contributed by atoms with E-state index < -0.39 is 0 Å². The Bertz CT molecular complexity index is 408. The molecule has 1 N–H and O–H groups in total. The van der Waals surface area contributed by atoms with Gasteiger partial charge in [0.25, 0.3) is 0 Å². The molecule has 2 rings (SSSR count). The maximum Gasteiger partial charge on any atom is 0.0382 e. The van der Waals surface area contributed by atoms with Crippen LogP contribution in [0.25, 0.3) is 0 Å². The highest BCUT2D eigenvalue weighted by Gasteiger charge is 2.34. The number of benzene rings is 1. The normalized spacial score (nSPS) is 26.0. The molecule has 1 aliphatic rings. The number of para-hydroxylation sites is 1. The zero-order valence-electron chi connectivity index (χ0n) is 12.3. The van der Waals surface area contributed by atoms with Gasteiger partial charge in [-0.2, -0.15) is 0 Å². The Kier molecular flexibility index (Phi) is 3.70. The summed E-state index contributed by atoms with van der Waals surface area (Å²) >= 11 is 0. The molecule has 1 aromatic carbocycles. The van der Waals surface area contributed by atoms with Crippen molar-refractivity contribution in [2.75, 3.05) is 5.32 Å². The third-order valence-electron chi connectivity index (χ3n) is 4.48. The predicted octanol–water partition coefficient (Wildman–Crippen LogP) is 5.12. The molecule has 0 amide bonds. The molecular weight excluding hydrogens is 218 g/mol. The summed E-state index contributed by atoms with van der Waals surface area (Å²) in [5.74, 6) is 0. The first-order chi connectivity index (χ1) is 8.47. The molecule has 18 heavy (non-hydrogen) atoms. The molecule has 1 aliphatic heterocycles. The van der Waals surface area contributed by atoms with Gasteiger partial charge in [-0.1, -0.05) is 51.8 Å². The maximum atomic E-state index is 3.83. The number of anilines is 1. The highest BCUT2D eigenvalue weighted by atomic mass is 15.0.